The van der Waals surface area contributed by atoms with Gasteiger partial charge in [-0.2, -0.15) is 0 Å². The molecule has 1 aromatic rings. The largest absolute Gasteiger partial charge is 0.374 e. The maximum Gasteiger partial charge on any atom is 0.0704 e. The molecule has 2 rings (SSSR count). The molecule has 1 aliphatic rings. The topological polar surface area (TPSA) is 47.0 Å². The average Bonchev–Trinajstić information content (AvgIpc) is 2.72. The summed E-state index contributed by atoms with van der Waals surface area (Å²) in [6, 6.07) is 0.465. The molecule has 0 saturated carbocycles. The van der Waals surface area contributed by atoms with Gasteiger partial charge in [-0.25, -0.2) is 0 Å². The van der Waals surface area contributed by atoms with Crippen molar-refractivity contribution in [1.82, 2.24) is 14.9 Å². The molecule has 3 atom stereocenters. The maximum atomic E-state index is 5.65. The lowest BCUT2D eigenvalue weighted by Crippen LogP contribution is -2.33. The summed E-state index contributed by atoms with van der Waals surface area (Å²) in [4.78, 5) is 1.18. The maximum absolute atomic E-state index is 5.65. The highest BCUT2D eigenvalue weighted by Gasteiger charge is 2.28. The van der Waals surface area contributed by atoms with Crippen molar-refractivity contribution in [1.29, 1.82) is 0 Å². The number of nitrogens with zero attached hydrogens (tertiary/aromatic N) is 2. The second-order valence-corrected chi connectivity index (χ2v) is 4.63. The van der Waals surface area contributed by atoms with Gasteiger partial charge in [0.05, 0.1) is 23.3 Å². The van der Waals surface area contributed by atoms with E-state index in [1.807, 2.05) is 6.20 Å². The summed E-state index contributed by atoms with van der Waals surface area (Å²) in [5.74, 6) is 0. The molecular weight excluding hydrogens is 198 g/mol. The van der Waals surface area contributed by atoms with Crippen molar-refractivity contribution in [2.75, 3.05) is 0 Å². The van der Waals surface area contributed by atoms with Crippen LogP contribution in [0.4, 0.5) is 0 Å². The van der Waals surface area contributed by atoms with Crippen molar-refractivity contribution in [2.24, 2.45) is 0 Å². The third-order valence-electron chi connectivity index (χ3n) is 2.54. The number of hydrogen-bond acceptors (Lipinski definition) is 5. The quantitative estimate of drug-likeness (QED) is 0.819. The van der Waals surface area contributed by atoms with Crippen LogP contribution in [0.3, 0.4) is 0 Å². The monoisotopic (exact) mass is 213 g/mol. The summed E-state index contributed by atoms with van der Waals surface area (Å²) in [6.07, 6.45) is 3.59. The molecule has 1 N–H and O–H groups in total. The summed E-state index contributed by atoms with van der Waals surface area (Å²) in [5.41, 5.74) is 0. The standard InChI is InChI=1S/C9H15N3OS/c1-6-3-9(7(2)13-6)10-4-8-5-11-12-14-8/h5-7,9-10H,3-4H2,1-2H3. The van der Waals surface area contributed by atoms with Crippen LogP contribution in [-0.2, 0) is 11.3 Å². The number of aromatic nitrogens is 2. The minimum Gasteiger partial charge on any atom is -0.374 e. The van der Waals surface area contributed by atoms with E-state index in [0.717, 1.165) is 13.0 Å². The van der Waals surface area contributed by atoms with Crippen LogP contribution in [0.1, 0.15) is 25.1 Å². The second-order valence-electron chi connectivity index (χ2n) is 3.76. The van der Waals surface area contributed by atoms with E-state index in [0.29, 0.717) is 18.2 Å². The summed E-state index contributed by atoms with van der Waals surface area (Å²) >= 11 is 1.44. The fraction of sp³-hybridized carbons (Fsp3) is 0.778. The molecular formula is C9H15N3OS. The van der Waals surface area contributed by atoms with Gasteiger partial charge in [-0.3, -0.25) is 0 Å². The first kappa shape index (κ1) is 10.0. The van der Waals surface area contributed by atoms with Gasteiger partial charge < -0.3 is 10.1 Å². The Labute approximate surface area is 87.8 Å². The molecule has 0 aliphatic carbocycles. The molecule has 78 valence electrons. The predicted octanol–water partition coefficient (Wildman–Crippen LogP) is 1.19. The third kappa shape index (κ3) is 2.29. The highest BCUT2D eigenvalue weighted by atomic mass is 32.1. The zero-order valence-corrected chi connectivity index (χ0v) is 9.25. The van der Waals surface area contributed by atoms with Crippen molar-refractivity contribution in [3.8, 4) is 0 Å². The van der Waals surface area contributed by atoms with Gasteiger partial charge in [0.1, 0.15) is 0 Å². The van der Waals surface area contributed by atoms with Crippen molar-refractivity contribution < 1.29 is 4.74 Å². The van der Waals surface area contributed by atoms with Gasteiger partial charge in [0.2, 0.25) is 0 Å². The van der Waals surface area contributed by atoms with Crippen molar-refractivity contribution in [2.45, 2.75) is 45.1 Å². The number of nitrogens with one attached hydrogen (secondary N) is 1. The summed E-state index contributed by atoms with van der Waals surface area (Å²) < 4.78 is 9.48. The van der Waals surface area contributed by atoms with Crippen LogP contribution in [0.15, 0.2) is 6.20 Å². The lowest BCUT2D eigenvalue weighted by molar-refractivity contribution is 0.0605. The Hall–Kier alpha value is -0.520. The molecule has 0 amide bonds. The third-order valence-corrected chi connectivity index (χ3v) is 3.21. The number of rotatable bonds is 3. The molecule has 1 fully saturated rings. The second kappa shape index (κ2) is 4.33. The summed E-state index contributed by atoms with van der Waals surface area (Å²) in [7, 11) is 0. The molecule has 1 aromatic heterocycles. The molecule has 0 bridgehead atoms. The predicted molar refractivity (Wildman–Crippen MR) is 55.2 cm³/mol. The van der Waals surface area contributed by atoms with Gasteiger partial charge in [-0.1, -0.05) is 4.49 Å². The van der Waals surface area contributed by atoms with Crippen LogP contribution in [0, 0.1) is 0 Å². The Morgan fingerprint density at radius 1 is 1.64 bits per heavy atom. The van der Waals surface area contributed by atoms with E-state index >= 15 is 0 Å². The molecule has 0 aromatic carbocycles. The minimum absolute atomic E-state index is 0.311. The Morgan fingerprint density at radius 3 is 3.07 bits per heavy atom. The van der Waals surface area contributed by atoms with E-state index in [-0.39, 0.29) is 0 Å². The molecule has 3 unspecified atom stereocenters. The molecule has 1 aliphatic heterocycles. The highest BCUT2D eigenvalue weighted by Crippen LogP contribution is 2.19. The molecule has 2 heterocycles. The fourth-order valence-electron chi connectivity index (χ4n) is 1.81. The van der Waals surface area contributed by atoms with Gasteiger partial charge in [0, 0.05) is 12.6 Å². The molecule has 1 saturated heterocycles. The van der Waals surface area contributed by atoms with Crippen LogP contribution >= 0.6 is 11.5 Å². The van der Waals surface area contributed by atoms with Gasteiger partial charge in [-0.15, -0.1) is 5.10 Å². The number of hydrogen-bond donors (Lipinski definition) is 1. The van der Waals surface area contributed by atoms with Gasteiger partial charge >= 0.3 is 0 Å². The Balaban J connectivity index is 1.81. The van der Waals surface area contributed by atoms with E-state index in [2.05, 4.69) is 28.8 Å². The lowest BCUT2D eigenvalue weighted by Gasteiger charge is -2.14. The normalized spacial score (nSPS) is 32.3. The van der Waals surface area contributed by atoms with Crippen LogP contribution in [-0.4, -0.2) is 27.8 Å². The minimum atomic E-state index is 0.311. The number of ether oxygens (including phenoxy) is 1. The van der Waals surface area contributed by atoms with Crippen LogP contribution in [0.5, 0.6) is 0 Å². The van der Waals surface area contributed by atoms with Crippen molar-refractivity contribution >= 4 is 11.5 Å². The SMILES string of the molecule is CC1CC(NCc2cnns2)C(C)O1. The van der Waals surface area contributed by atoms with Gasteiger partial charge in [-0.05, 0) is 31.8 Å². The van der Waals surface area contributed by atoms with Crippen LogP contribution in [0.25, 0.3) is 0 Å². The molecule has 14 heavy (non-hydrogen) atoms. The Morgan fingerprint density at radius 2 is 2.50 bits per heavy atom. The summed E-state index contributed by atoms with van der Waals surface area (Å²) in [6.45, 7) is 5.08. The first-order valence-corrected chi connectivity index (χ1v) is 5.68. The Bertz CT molecular complexity index is 278. The molecule has 5 heteroatoms. The fourth-order valence-corrected chi connectivity index (χ4v) is 2.25. The molecule has 0 spiro atoms. The van der Waals surface area contributed by atoms with E-state index < -0.39 is 0 Å². The van der Waals surface area contributed by atoms with Crippen LogP contribution in [0.2, 0.25) is 0 Å². The van der Waals surface area contributed by atoms with Crippen LogP contribution < -0.4 is 5.32 Å². The molecule has 4 nitrogen and oxygen atoms in total. The smallest absolute Gasteiger partial charge is 0.0704 e. The highest BCUT2D eigenvalue weighted by molar-refractivity contribution is 7.05. The van der Waals surface area contributed by atoms with Crippen molar-refractivity contribution in [3.63, 3.8) is 0 Å². The van der Waals surface area contributed by atoms with E-state index in [1.54, 1.807) is 0 Å². The van der Waals surface area contributed by atoms with E-state index in [4.69, 9.17) is 4.74 Å². The zero-order chi connectivity index (χ0) is 9.97. The first-order chi connectivity index (χ1) is 6.75. The molecule has 0 radical (unpaired) electrons. The first-order valence-electron chi connectivity index (χ1n) is 4.91. The van der Waals surface area contributed by atoms with Crippen molar-refractivity contribution in [3.05, 3.63) is 11.1 Å². The zero-order valence-electron chi connectivity index (χ0n) is 8.43. The van der Waals surface area contributed by atoms with Gasteiger partial charge in [0.15, 0.2) is 0 Å². The van der Waals surface area contributed by atoms with E-state index in [1.165, 1.54) is 16.4 Å². The van der Waals surface area contributed by atoms with E-state index in [9.17, 15) is 0 Å². The Kier molecular flexibility index (Phi) is 3.10. The van der Waals surface area contributed by atoms with Gasteiger partial charge in [0.25, 0.3) is 0 Å². The summed E-state index contributed by atoms with van der Waals surface area (Å²) in [5, 5.41) is 7.27. The average molecular weight is 213 g/mol. The lowest BCUT2D eigenvalue weighted by atomic mass is 10.1.